The zero-order chi connectivity index (χ0) is 18.4. The SMILES string of the molecule is O=C(O)[C@]1(CO)[C@H](c2ccc(Cl)cc2)[C@H]1S(=O)(=O)c1ccc(Cl)cc1. The molecule has 0 spiro atoms. The minimum Gasteiger partial charge on any atom is -0.481 e. The van der Waals surface area contributed by atoms with Crippen LogP contribution in [0.4, 0.5) is 0 Å². The molecule has 0 bridgehead atoms. The Labute approximate surface area is 154 Å². The summed E-state index contributed by atoms with van der Waals surface area (Å²) in [7, 11) is -3.99. The molecule has 0 saturated heterocycles. The molecule has 1 fully saturated rings. The van der Waals surface area contributed by atoms with Crippen LogP contribution in [0.2, 0.25) is 10.0 Å². The van der Waals surface area contributed by atoms with E-state index < -0.39 is 39.0 Å². The summed E-state index contributed by atoms with van der Waals surface area (Å²) in [5, 5.41) is 18.9. The lowest BCUT2D eigenvalue weighted by molar-refractivity contribution is -0.145. The number of rotatable bonds is 5. The molecule has 1 aliphatic carbocycles. The highest BCUT2D eigenvalue weighted by Crippen LogP contribution is 2.64. The van der Waals surface area contributed by atoms with Gasteiger partial charge in [-0.25, -0.2) is 8.42 Å². The quantitative estimate of drug-likeness (QED) is 0.804. The van der Waals surface area contributed by atoms with Gasteiger partial charge in [0.25, 0.3) is 0 Å². The third-order valence-electron chi connectivity index (χ3n) is 4.62. The highest BCUT2D eigenvalue weighted by atomic mass is 35.5. The lowest BCUT2D eigenvalue weighted by atomic mass is 10.0. The van der Waals surface area contributed by atoms with Crippen molar-refractivity contribution in [3.8, 4) is 0 Å². The van der Waals surface area contributed by atoms with Crippen molar-refractivity contribution in [2.45, 2.75) is 16.1 Å². The molecule has 0 radical (unpaired) electrons. The van der Waals surface area contributed by atoms with Crippen molar-refractivity contribution >= 4 is 39.0 Å². The number of aliphatic carboxylic acids is 1. The van der Waals surface area contributed by atoms with Gasteiger partial charge in [-0.15, -0.1) is 0 Å². The molecule has 0 amide bonds. The maximum Gasteiger partial charge on any atom is 0.314 e. The number of carbonyl (C=O) groups is 1. The van der Waals surface area contributed by atoms with Crippen LogP contribution in [0.25, 0.3) is 0 Å². The predicted molar refractivity (Wildman–Crippen MR) is 93.8 cm³/mol. The Morgan fingerprint density at radius 1 is 1.00 bits per heavy atom. The van der Waals surface area contributed by atoms with Crippen LogP contribution in [0.1, 0.15) is 11.5 Å². The molecule has 2 aromatic carbocycles. The van der Waals surface area contributed by atoms with E-state index in [2.05, 4.69) is 0 Å². The Bertz CT molecular complexity index is 909. The minimum absolute atomic E-state index is 0.0301. The maximum absolute atomic E-state index is 13.0. The zero-order valence-corrected chi connectivity index (χ0v) is 15.1. The largest absolute Gasteiger partial charge is 0.481 e. The normalized spacial score (nSPS) is 25.6. The number of hydrogen-bond donors (Lipinski definition) is 2. The Kier molecular flexibility index (Phi) is 4.58. The molecule has 3 rings (SSSR count). The highest BCUT2D eigenvalue weighted by Gasteiger charge is 2.75. The molecule has 5 nitrogen and oxygen atoms in total. The second kappa shape index (κ2) is 6.29. The molecule has 8 heteroatoms. The van der Waals surface area contributed by atoms with Gasteiger partial charge < -0.3 is 10.2 Å². The van der Waals surface area contributed by atoms with E-state index in [1.165, 1.54) is 24.3 Å². The summed E-state index contributed by atoms with van der Waals surface area (Å²) in [6.45, 7) is -0.785. The third-order valence-corrected chi connectivity index (χ3v) is 7.42. The van der Waals surface area contributed by atoms with E-state index in [9.17, 15) is 23.4 Å². The van der Waals surface area contributed by atoms with Crippen LogP contribution < -0.4 is 0 Å². The van der Waals surface area contributed by atoms with E-state index in [0.29, 0.717) is 15.6 Å². The van der Waals surface area contributed by atoms with Crippen molar-refractivity contribution in [2.75, 3.05) is 6.61 Å². The molecule has 0 unspecified atom stereocenters. The van der Waals surface area contributed by atoms with E-state index in [1.807, 2.05) is 0 Å². The average Bonchev–Trinajstić information content (AvgIpc) is 3.27. The van der Waals surface area contributed by atoms with E-state index in [4.69, 9.17) is 23.2 Å². The monoisotopic (exact) mass is 400 g/mol. The van der Waals surface area contributed by atoms with Gasteiger partial charge in [0, 0.05) is 16.0 Å². The summed E-state index contributed by atoms with van der Waals surface area (Å²) < 4.78 is 26.0. The summed E-state index contributed by atoms with van der Waals surface area (Å²) in [6, 6.07) is 11.8. The molecular weight excluding hydrogens is 387 g/mol. The molecule has 25 heavy (non-hydrogen) atoms. The molecule has 0 heterocycles. The number of sulfone groups is 1. The smallest absolute Gasteiger partial charge is 0.314 e. The van der Waals surface area contributed by atoms with Gasteiger partial charge in [0.15, 0.2) is 9.84 Å². The highest BCUT2D eigenvalue weighted by molar-refractivity contribution is 7.92. The fraction of sp³-hybridized carbons (Fsp3) is 0.235. The number of aliphatic hydroxyl groups excluding tert-OH is 1. The first-order valence-electron chi connectivity index (χ1n) is 7.34. The number of halogens is 2. The number of hydrogen-bond acceptors (Lipinski definition) is 4. The zero-order valence-electron chi connectivity index (χ0n) is 12.8. The Hall–Kier alpha value is -1.60. The Morgan fingerprint density at radius 3 is 1.92 bits per heavy atom. The van der Waals surface area contributed by atoms with Gasteiger partial charge in [-0.1, -0.05) is 35.3 Å². The van der Waals surface area contributed by atoms with E-state index in [0.717, 1.165) is 0 Å². The van der Waals surface area contributed by atoms with Crippen molar-refractivity contribution in [1.82, 2.24) is 0 Å². The molecule has 0 aromatic heterocycles. The number of carboxylic acid groups (broad SMARTS) is 1. The number of carboxylic acids is 1. The Balaban J connectivity index is 2.10. The van der Waals surface area contributed by atoms with Gasteiger partial charge in [-0.2, -0.15) is 0 Å². The number of benzene rings is 2. The molecule has 2 N–H and O–H groups in total. The molecule has 3 atom stereocenters. The number of aliphatic hydroxyl groups is 1. The van der Waals surface area contributed by atoms with Gasteiger partial charge in [-0.05, 0) is 42.0 Å². The van der Waals surface area contributed by atoms with Crippen LogP contribution >= 0.6 is 23.2 Å². The molecule has 132 valence electrons. The standard InChI is InChI=1S/C17H14Cl2O5S/c18-11-3-1-10(2-4-11)14-15(17(14,9-20)16(21)22)25(23,24)13-7-5-12(19)6-8-13/h1-8,14-15,20H,9H2,(H,21,22)/t14-,15-,17-/m1/s1. The molecule has 2 aromatic rings. The van der Waals surface area contributed by atoms with E-state index in [1.54, 1.807) is 24.3 Å². The van der Waals surface area contributed by atoms with Crippen molar-refractivity contribution < 1.29 is 23.4 Å². The van der Waals surface area contributed by atoms with Crippen molar-refractivity contribution in [3.05, 3.63) is 64.1 Å². The summed E-state index contributed by atoms with van der Waals surface area (Å²) in [5.41, 5.74) is -1.28. The van der Waals surface area contributed by atoms with Crippen LogP contribution in [-0.4, -0.2) is 36.5 Å². The third kappa shape index (κ3) is 2.83. The Morgan fingerprint density at radius 2 is 1.48 bits per heavy atom. The molecule has 1 saturated carbocycles. The van der Waals surface area contributed by atoms with Gasteiger partial charge in [0.2, 0.25) is 0 Å². The molecule has 0 aliphatic heterocycles. The average molecular weight is 401 g/mol. The first-order chi connectivity index (χ1) is 11.7. The summed E-state index contributed by atoms with van der Waals surface area (Å²) in [4.78, 5) is 11.8. The van der Waals surface area contributed by atoms with Gasteiger partial charge >= 0.3 is 5.97 Å². The van der Waals surface area contributed by atoms with Crippen LogP contribution in [-0.2, 0) is 14.6 Å². The predicted octanol–water partition coefficient (Wildman–Crippen LogP) is 3.00. The maximum atomic E-state index is 13.0. The minimum atomic E-state index is -3.99. The van der Waals surface area contributed by atoms with E-state index >= 15 is 0 Å². The van der Waals surface area contributed by atoms with E-state index in [-0.39, 0.29) is 4.90 Å². The van der Waals surface area contributed by atoms with Gasteiger partial charge in [0.05, 0.1) is 16.8 Å². The fourth-order valence-corrected chi connectivity index (χ4v) is 5.90. The van der Waals surface area contributed by atoms with Crippen molar-refractivity contribution in [3.63, 3.8) is 0 Å². The lowest BCUT2D eigenvalue weighted by Gasteiger charge is -2.09. The summed E-state index contributed by atoms with van der Waals surface area (Å²) in [5.74, 6) is -2.22. The summed E-state index contributed by atoms with van der Waals surface area (Å²) in [6.07, 6.45) is 0. The van der Waals surface area contributed by atoms with Crippen molar-refractivity contribution in [2.24, 2.45) is 5.41 Å². The lowest BCUT2D eigenvalue weighted by Crippen LogP contribution is -2.27. The second-order valence-corrected chi connectivity index (χ2v) is 8.89. The van der Waals surface area contributed by atoms with Crippen LogP contribution in [0.15, 0.2) is 53.4 Å². The van der Waals surface area contributed by atoms with Gasteiger partial charge in [0.1, 0.15) is 5.41 Å². The molecule has 1 aliphatic rings. The van der Waals surface area contributed by atoms with Gasteiger partial charge in [-0.3, -0.25) is 4.79 Å². The van der Waals surface area contributed by atoms with Crippen LogP contribution in [0.5, 0.6) is 0 Å². The first-order valence-corrected chi connectivity index (χ1v) is 9.64. The first kappa shape index (κ1) is 18.2. The molecular formula is C17H14Cl2O5S. The van der Waals surface area contributed by atoms with Crippen LogP contribution in [0, 0.1) is 5.41 Å². The van der Waals surface area contributed by atoms with Crippen molar-refractivity contribution in [1.29, 1.82) is 0 Å². The second-order valence-electron chi connectivity index (χ2n) is 5.95. The van der Waals surface area contributed by atoms with Crippen LogP contribution in [0.3, 0.4) is 0 Å². The summed E-state index contributed by atoms with van der Waals surface area (Å²) >= 11 is 11.6. The topological polar surface area (TPSA) is 91.7 Å². The fourth-order valence-electron chi connectivity index (χ4n) is 3.28.